The van der Waals surface area contributed by atoms with Crippen molar-refractivity contribution in [2.75, 3.05) is 7.05 Å². The summed E-state index contributed by atoms with van der Waals surface area (Å²) in [4.78, 5) is 0.600. The lowest BCUT2D eigenvalue weighted by molar-refractivity contribution is -0.264. The Balaban J connectivity index is 3.02. The molecule has 1 aliphatic rings. The highest BCUT2D eigenvalue weighted by molar-refractivity contribution is 5.13. The molecule has 0 fully saturated rings. The number of nitrogens with zero attached hydrogens (tertiary/aromatic N) is 2. The molecule has 5 heteroatoms. The quantitative estimate of drug-likeness (QED) is 0.400. The first-order valence-electron chi connectivity index (χ1n) is 3.14. The molecule has 1 aliphatic heterocycles. The lowest BCUT2D eigenvalue weighted by Gasteiger charge is -2.24. The average Bonchev–Trinajstić information content (AvgIpc) is 2.06. The van der Waals surface area contributed by atoms with Crippen molar-refractivity contribution in [1.29, 1.82) is 0 Å². The largest absolute Gasteiger partial charge is 0.439 e. The maximum absolute atomic E-state index is 12.7. The molecule has 64 valence electrons. The van der Waals surface area contributed by atoms with Crippen molar-refractivity contribution in [2.45, 2.75) is 20.0 Å². The maximum Gasteiger partial charge on any atom is 0.439 e. The van der Waals surface area contributed by atoms with Crippen molar-refractivity contribution in [3.8, 4) is 0 Å². The molecule has 0 aromatic heterocycles. The SMILES string of the molecule is CC1=C(C)N(F)C(F)(F)N1C. The van der Waals surface area contributed by atoms with Crippen molar-refractivity contribution in [1.82, 2.24) is 10.0 Å². The summed E-state index contributed by atoms with van der Waals surface area (Å²) in [5.74, 6) is 0. The summed E-state index contributed by atoms with van der Waals surface area (Å²) in [6.07, 6.45) is -3.52. The molecule has 0 spiro atoms. The second-order valence-corrected chi connectivity index (χ2v) is 2.52. The van der Waals surface area contributed by atoms with E-state index in [2.05, 4.69) is 0 Å². The van der Waals surface area contributed by atoms with E-state index in [-0.39, 0.29) is 11.4 Å². The molecule has 0 aromatic rings. The van der Waals surface area contributed by atoms with E-state index in [0.29, 0.717) is 4.90 Å². The Hall–Kier alpha value is -0.870. The summed E-state index contributed by atoms with van der Waals surface area (Å²) in [6.45, 7) is 2.76. The number of rotatable bonds is 0. The monoisotopic (exact) mass is 166 g/mol. The highest BCUT2D eigenvalue weighted by Gasteiger charge is 2.49. The van der Waals surface area contributed by atoms with Crippen molar-refractivity contribution in [3.05, 3.63) is 11.4 Å². The molecular formula is C6H9F3N2. The van der Waals surface area contributed by atoms with E-state index in [9.17, 15) is 13.3 Å². The molecule has 0 saturated carbocycles. The summed E-state index contributed by atoms with van der Waals surface area (Å²) in [7, 11) is 1.15. The fourth-order valence-electron chi connectivity index (χ4n) is 0.920. The van der Waals surface area contributed by atoms with Crippen molar-refractivity contribution >= 4 is 0 Å². The summed E-state index contributed by atoms with van der Waals surface area (Å²) < 4.78 is 37.9. The Morgan fingerprint density at radius 2 is 1.64 bits per heavy atom. The van der Waals surface area contributed by atoms with E-state index in [1.807, 2.05) is 0 Å². The number of alkyl halides is 2. The molecule has 0 aliphatic carbocycles. The zero-order chi connectivity index (χ0) is 8.81. The Labute approximate surface area is 62.8 Å². The highest BCUT2D eigenvalue weighted by Crippen LogP contribution is 2.38. The number of hydrogen-bond acceptors (Lipinski definition) is 2. The molecule has 0 amide bonds. The van der Waals surface area contributed by atoms with E-state index in [1.54, 1.807) is 0 Å². The standard InChI is InChI=1S/C6H9F3N2/c1-4-5(2)11(9)6(7,8)10(4)3/h1-3H3. The molecular weight excluding hydrogens is 157 g/mol. The predicted octanol–water partition coefficient (Wildman–Crippen LogP) is 1.92. The molecule has 0 aromatic carbocycles. The molecule has 0 N–H and O–H groups in total. The van der Waals surface area contributed by atoms with Crippen LogP contribution in [-0.4, -0.2) is 23.2 Å². The molecule has 0 bridgehead atoms. The van der Waals surface area contributed by atoms with Gasteiger partial charge >= 0.3 is 6.17 Å². The van der Waals surface area contributed by atoms with Crippen LogP contribution in [0.15, 0.2) is 11.4 Å². The van der Waals surface area contributed by atoms with Crippen LogP contribution < -0.4 is 0 Å². The van der Waals surface area contributed by atoms with Gasteiger partial charge in [0.05, 0.1) is 5.70 Å². The smallest absolute Gasteiger partial charge is 0.298 e. The minimum absolute atomic E-state index is 0.0440. The van der Waals surface area contributed by atoms with Crippen LogP contribution in [0.3, 0.4) is 0 Å². The van der Waals surface area contributed by atoms with E-state index in [1.165, 1.54) is 13.8 Å². The third-order valence-electron chi connectivity index (χ3n) is 1.96. The zero-order valence-electron chi connectivity index (χ0n) is 6.53. The normalized spacial score (nSPS) is 23.5. The van der Waals surface area contributed by atoms with Crippen LogP contribution in [0, 0.1) is 0 Å². The first-order chi connectivity index (χ1) is 4.89. The van der Waals surface area contributed by atoms with Crippen LogP contribution in [0.4, 0.5) is 13.3 Å². The minimum Gasteiger partial charge on any atom is -0.298 e. The van der Waals surface area contributed by atoms with Crippen LogP contribution in [-0.2, 0) is 0 Å². The fraction of sp³-hybridized carbons (Fsp3) is 0.667. The van der Waals surface area contributed by atoms with Crippen molar-refractivity contribution in [3.63, 3.8) is 0 Å². The molecule has 1 rings (SSSR count). The zero-order valence-corrected chi connectivity index (χ0v) is 6.53. The van der Waals surface area contributed by atoms with Gasteiger partial charge in [0, 0.05) is 12.7 Å². The van der Waals surface area contributed by atoms with Crippen molar-refractivity contribution < 1.29 is 13.3 Å². The molecule has 0 radical (unpaired) electrons. The van der Waals surface area contributed by atoms with Crippen LogP contribution in [0.25, 0.3) is 0 Å². The van der Waals surface area contributed by atoms with Gasteiger partial charge in [-0.15, -0.1) is 5.12 Å². The predicted molar refractivity (Wildman–Crippen MR) is 34.0 cm³/mol. The molecule has 1 heterocycles. The third kappa shape index (κ3) is 0.868. The molecule has 11 heavy (non-hydrogen) atoms. The van der Waals surface area contributed by atoms with Gasteiger partial charge in [0.1, 0.15) is 0 Å². The molecule has 0 atom stereocenters. The minimum atomic E-state index is -3.52. The number of allylic oxidation sites excluding steroid dienone is 2. The molecule has 0 unspecified atom stereocenters. The second kappa shape index (κ2) is 2.06. The lowest BCUT2D eigenvalue weighted by Crippen LogP contribution is -2.41. The van der Waals surface area contributed by atoms with Crippen LogP contribution in [0.5, 0.6) is 0 Å². The van der Waals surface area contributed by atoms with Gasteiger partial charge in [-0.25, -0.2) is 0 Å². The van der Waals surface area contributed by atoms with E-state index in [0.717, 1.165) is 7.05 Å². The van der Waals surface area contributed by atoms with Gasteiger partial charge < -0.3 is 0 Å². The molecule has 0 saturated heterocycles. The van der Waals surface area contributed by atoms with Gasteiger partial charge in [-0.3, -0.25) is 4.90 Å². The highest BCUT2D eigenvalue weighted by atomic mass is 19.3. The summed E-state index contributed by atoms with van der Waals surface area (Å²) in [6, 6.07) is 0. The number of halogens is 3. The second-order valence-electron chi connectivity index (χ2n) is 2.52. The van der Waals surface area contributed by atoms with E-state index < -0.39 is 11.3 Å². The van der Waals surface area contributed by atoms with E-state index >= 15 is 0 Å². The number of hydrogen-bond donors (Lipinski definition) is 0. The van der Waals surface area contributed by atoms with Crippen LogP contribution >= 0.6 is 0 Å². The van der Waals surface area contributed by atoms with E-state index in [4.69, 9.17) is 0 Å². The van der Waals surface area contributed by atoms with Gasteiger partial charge in [-0.05, 0) is 13.8 Å². The Morgan fingerprint density at radius 3 is 1.73 bits per heavy atom. The summed E-state index contributed by atoms with van der Waals surface area (Å²) >= 11 is 0. The first kappa shape index (κ1) is 8.23. The third-order valence-corrected chi connectivity index (χ3v) is 1.96. The van der Waals surface area contributed by atoms with Crippen molar-refractivity contribution in [2.24, 2.45) is 0 Å². The lowest BCUT2D eigenvalue weighted by atomic mass is 10.4. The molecule has 2 nitrogen and oxygen atoms in total. The van der Waals surface area contributed by atoms with Crippen LogP contribution in [0.1, 0.15) is 13.8 Å². The summed E-state index contributed by atoms with van der Waals surface area (Å²) in [5, 5.41) is -0.525. The van der Waals surface area contributed by atoms with Gasteiger partial charge in [0.2, 0.25) is 0 Å². The van der Waals surface area contributed by atoms with Gasteiger partial charge in [0.25, 0.3) is 0 Å². The fourth-order valence-corrected chi connectivity index (χ4v) is 0.920. The van der Waals surface area contributed by atoms with Gasteiger partial charge in [-0.1, -0.05) is 4.48 Å². The maximum atomic E-state index is 12.7. The van der Waals surface area contributed by atoms with Gasteiger partial charge in [0.15, 0.2) is 0 Å². The summed E-state index contributed by atoms with van der Waals surface area (Å²) in [5.41, 5.74) is 0.204. The average molecular weight is 166 g/mol. The first-order valence-corrected chi connectivity index (χ1v) is 3.14. The Bertz CT molecular complexity index is 192. The van der Waals surface area contributed by atoms with Gasteiger partial charge in [-0.2, -0.15) is 8.78 Å². The van der Waals surface area contributed by atoms with Crippen LogP contribution in [0.2, 0.25) is 0 Å². The Morgan fingerprint density at radius 1 is 1.18 bits per heavy atom. The Kier molecular flexibility index (Phi) is 1.54. The topological polar surface area (TPSA) is 6.48 Å².